The third-order valence-electron chi connectivity index (χ3n) is 2.50. The van der Waals surface area contributed by atoms with E-state index in [1.807, 2.05) is 13.8 Å². The zero-order valence-corrected chi connectivity index (χ0v) is 12.9. The van der Waals surface area contributed by atoms with Gasteiger partial charge in [-0.2, -0.15) is 0 Å². The lowest BCUT2D eigenvalue weighted by atomic mass is 10.4. The number of pyridine rings is 1. The minimum atomic E-state index is -3.59. The van der Waals surface area contributed by atoms with Crippen LogP contribution >= 0.6 is 0 Å². The Hall–Kier alpha value is -1.18. The first-order valence-electron chi connectivity index (χ1n) is 6.88. The second-order valence-electron chi connectivity index (χ2n) is 4.25. The molecule has 1 aromatic heterocycles. The summed E-state index contributed by atoms with van der Waals surface area (Å²) in [5.41, 5.74) is 0.518. The summed E-state index contributed by atoms with van der Waals surface area (Å²) < 4.78 is 32.2. The lowest BCUT2D eigenvalue weighted by Crippen LogP contribution is -2.27. The van der Waals surface area contributed by atoms with Gasteiger partial charge in [0.15, 0.2) is 5.03 Å². The van der Waals surface area contributed by atoms with E-state index in [4.69, 9.17) is 4.74 Å². The number of sulfonamides is 1. The van der Waals surface area contributed by atoms with Crippen LogP contribution in [0.15, 0.2) is 23.4 Å². The van der Waals surface area contributed by atoms with E-state index in [9.17, 15) is 8.42 Å². The molecule has 0 spiro atoms. The van der Waals surface area contributed by atoms with E-state index >= 15 is 0 Å². The SMILES string of the molecule is CCCOCCCNS(=O)(=O)c1ncccc1NCC. The minimum Gasteiger partial charge on any atom is -0.383 e. The summed E-state index contributed by atoms with van der Waals surface area (Å²) in [5.74, 6) is 0. The first kappa shape index (κ1) is 16.9. The standard InChI is InChI=1S/C13H23N3O3S/c1-3-10-19-11-6-9-16-20(17,18)13-12(14-4-2)7-5-8-15-13/h5,7-8,14,16H,3-4,6,9-11H2,1-2H3. The van der Waals surface area contributed by atoms with E-state index in [0.717, 1.165) is 6.42 Å². The quantitative estimate of drug-likeness (QED) is 0.642. The third kappa shape index (κ3) is 5.44. The summed E-state index contributed by atoms with van der Waals surface area (Å²) in [5, 5.41) is 3.03. The summed E-state index contributed by atoms with van der Waals surface area (Å²) in [7, 11) is -3.59. The molecule has 0 atom stereocenters. The van der Waals surface area contributed by atoms with Crippen LogP contribution in [0.4, 0.5) is 5.69 Å². The molecular weight excluding hydrogens is 278 g/mol. The maximum atomic E-state index is 12.2. The average molecular weight is 301 g/mol. The summed E-state index contributed by atoms with van der Waals surface area (Å²) in [4.78, 5) is 3.95. The van der Waals surface area contributed by atoms with Gasteiger partial charge in [-0.1, -0.05) is 6.92 Å². The number of aromatic nitrogens is 1. The predicted molar refractivity (Wildman–Crippen MR) is 79.3 cm³/mol. The van der Waals surface area contributed by atoms with Gasteiger partial charge in [-0.25, -0.2) is 18.1 Å². The summed E-state index contributed by atoms with van der Waals surface area (Å²) in [6, 6.07) is 3.41. The Kier molecular flexibility index (Phi) is 7.50. The molecule has 0 aliphatic rings. The smallest absolute Gasteiger partial charge is 0.260 e. The first-order chi connectivity index (χ1) is 9.61. The fraction of sp³-hybridized carbons (Fsp3) is 0.615. The van der Waals surface area contributed by atoms with E-state index < -0.39 is 10.0 Å². The Morgan fingerprint density at radius 1 is 1.30 bits per heavy atom. The molecule has 0 aliphatic heterocycles. The molecule has 0 fully saturated rings. The van der Waals surface area contributed by atoms with Gasteiger partial charge >= 0.3 is 0 Å². The Morgan fingerprint density at radius 2 is 2.10 bits per heavy atom. The Labute approximate surface area is 121 Å². The highest BCUT2D eigenvalue weighted by molar-refractivity contribution is 7.89. The number of hydrogen-bond acceptors (Lipinski definition) is 5. The number of nitrogens with one attached hydrogen (secondary N) is 2. The largest absolute Gasteiger partial charge is 0.383 e. The molecule has 0 amide bonds. The number of nitrogens with zero attached hydrogens (tertiary/aromatic N) is 1. The first-order valence-corrected chi connectivity index (χ1v) is 8.36. The van der Waals surface area contributed by atoms with Gasteiger partial charge in [-0.15, -0.1) is 0 Å². The molecule has 1 heterocycles. The fourth-order valence-corrected chi connectivity index (χ4v) is 2.80. The highest BCUT2D eigenvalue weighted by Crippen LogP contribution is 2.17. The van der Waals surface area contributed by atoms with Crippen LogP contribution in [-0.4, -0.2) is 39.7 Å². The monoisotopic (exact) mass is 301 g/mol. The maximum Gasteiger partial charge on any atom is 0.260 e. The predicted octanol–water partition coefficient (Wildman–Crippen LogP) is 1.61. The van der Waals surface area contributed by atoms with Crippen molar-refractivity contribution in [2.75, 3.05) is 31.6 Å². The molecule has 0 aliphatic carbocycles. The van der Waals surface area contributed by atoms with E-state index in [1.54, 1.807) is 12.1 Å². The number of hydrogen-bond donors (Lipinski definition) is 2. The van der Waals surface area contributed by atoms with E-state index in [-0.39, 0.29) is 5.03 Å². The average Bonchev–Trinajstić information content (AvgIpc) is 2.43. The molecule has 0 radical (unpaired) electrons. The number of rotatable bonds is 10. The molecule has 1 aromatic rings. The van der Waals surface area contributed by atoms with Crippen molar-refractivity contribution in [1.82, 2.24) is 9.71 Å². The second kappa shape index (κ2) is 8.89. The van der Waals surface area contributed by atoms with Crippen molar-refractivity contribution < 1.29 is 13.2 Å². The number of anilines is 1. The van der Waals surface area contributed by atoms with Crippen LogP contribution in [0.1, 0.15) is 26.7 Å². The molecule has 0 saturated heterocycles. The van der Waals surface area contributed by atoms with Crippen molar-refractivity contribution in [1.29, 1.82) is 0 Å². The highest BCUT2D eigenvalue weighted by Gasteiger charge is 2.18. The summed E-state index contributed by atoms with van der Waals surface area (Å²) in [6.07, 6.45) is 3.08. The maximum absolute atomic E-state index is 12.2. The molecular formula is C13H23N3O3S. The highest BCUT2D eigenvalue weighted by atomic mass is 32.2. The van der Waals surface area contributed by atoms with Gasteiger partial charge in [0.1, 0.15) is 0 Å². The second-order valence-corrected chi connectivity index (χ2v) is 5.93. The molecule has 0 bridgehead atoms. The van der Waals surface area contributed by atoms with Crippen LogP contribution < -0.4 is 10.0 Å². The molecule has 7 heteroatoms. The van der Waals surface area contributed by atoms with Crippen molar-refractivity contribution in [2.45, 2.75) is 31.7 Å². The van der Waals surface area contributed by atoms with Gasteiger partial charge in [0.2, 0.25) is 0 Å². The van der Waals surface area contributed by atoms with Crippen molar-refractivity contribution in [2.24, 2.45) is 0 Å². The van der Waals surface area contributed by atoms with Crippen molar-refractivity contribution in [3.8, 4) is 0 Å². The van der Waals surface area contributed by atoms with Crippen LogP contribution in [0.3, 0.4) is 0 Å². The molecule has 2 N–H and O–H groups in total. The fourth-order valence-electron chi connectivity index (χ4n) is 1.63. The van der Waals surface area contributed by atoms with Crippen LogP contribution in [0, 0.1) is 0 Å². The van der Waals surface area contributed by atoms with Gasteiger partial charge in [0, 0.05) is 32.5 Å². The van der Waals surface area contributed by atoms with Gasteiger partial charge in [0.25, 0.3) is 10.0 Å². The van der Waals surface area contributed by atoms with Gasteiger partial charge < -0.3 is 10.1 Å². The normalized spacial score (nSPS) is 11.5. The lowest BCUT2D eigenvalue weighted by Gasteiger charge is -2.11. The van der Waals surface area contributed by atoms with Gasteiger partial charge in [-0.05, 0) is 31.9 Å². The molecule has 20 heavy (non-hydrogen) atoms. The number of ether oxygens (including phenoxy) is 1. The molecule has 6 nitrogen and oxygen atoms in total. The molecule has 0 unspecified atom stereocenters. The topological polar surface area (TPSA) is 80.3 Å². The Bertz CT molecular complexity index is 491. The van der Waals surface area contributed by atoms with E-state index in [1.165, 1.54) is 6.20 Å². The van der Waals surface area contributed by atoms with Crippen molar-refractivity contribution >= 4 is 15.7 Å². The molecule has 0 aromatic carbocycles. The van der Waals surface area contributed by atoms with Crippen LogP contribution in [0.5, 0.6) is 0 Å². The van der Waals surface area contributed by atoms with E-state index in [0.29, 0.717) is 38.4 Å². The molecule has 114 valence electrons. The van der Waals surface area contributed by atoms with Gasteiger partial charge in [0.05, 0.1) is 5.69 Å². The summed E-state index contributed by atoms with van der Waals surface area (Å²) in [6.45, 7) is 6.18. The van der Waals surface area contributed by atoms with Crippen molar-refractivity contribution in [3.05, 3.63) is 18.3 Å². The molecule has 0 saturated carbocycles. The Morgan fingerprint density at radius 3 is 2.80 bits per heavy atom. The van der Waals surface area contributed by atoms with Crippen molar-refractivity contribution in [3.63, 3.8) is 0 Å². The zero-order chi connectivity index (χ0) is 14.8. The summed E-state index contributed by atoms with van der Waals surface area (Å²) >= 11 is 0. The minimum absolute atomic E-state index is 0.0383. The molecule has 1 rings (SSSR count). The third-order valence-corrected chi connectivity index (χ3v) is 3.92. The van der Waals surface area contributed by atoms with Gasteiger partial charge in [-0.3, -0.25) is 0 Å². The Balaban J connectivity index is 2.56. The lowest BCUT2D eigenvalue weighted by molar-refractivity contribution is 0.133. The van der Waals surface area contributed by atoms with E-state index in [2.05, 4.69) is 15.0 Å². The van der Waals surface area contributed by atoms with Crippen LogP contribution in [-0.2, 0) is 14.8 Å². The van der Waals surface area contributed by atoms with Crippen LogP contribution in [0.2, 0.25) is 0 Å². The van der Waals surface area contributed by atoms with Crippen LogP contribution in [0.25, 0.3) is 0 Å². The zero-order valence-electron chi connectivity index (χ0n) is 12.1.